The Labute approximate surface area is 130 Å². The molecule has 1 atom stereocenters. The Kier molecular flexibility index (Phi) is 4.64. The van der Waals surface area contributed by atoms with Crippen LogP contribution in [0, 0.1) is 5.92 Å². The van der Waals surface area contributed by atoms with Crippen LogP contribution in [0.5, 0.6) is 5.75 Å². The van der Waals surface area contributed by atoms with Gasteiger partial charge in [0.25, 0.3) is 0 Å². The molecule has 0 radical (unpaired) electrons. The molecule has 0 bridgehead atoms. The zero-order valence-electron chi connectivity index (χ0n) is 12.7. The summed E-state index contributed by atoms with van der Waals surface area (Å²) in [4.78, 5) is 14.1. The highest BCUT2D eigenvalue weighted by Crippen LogP contribution is 2.30. The van der Waals surface area contributed by atoms with Crippen molar-refractivity contribution in [2.45, 2.75) is 24.9 Å². The maximum Gasteiger partial charge on any atom is 0.348 e. The first-order valence-electron chi connectivity index (χ1n) is 7.95. The highest BCUT2D eigenvalue weighted by atomic mass is 16.5. The summed E-state index contributed by atoms with van der Waals surface area (Å²) >= 11 is 0. The number of likely N-dealkylation sites (tertiary alicyclic amines) is 1. The van der Waals surface area contributed by atoms with Crippen molar-refractivity contribution < 1.29 is 19.4 Å². The first kappa shape index (κ1) is 15.3. The summed E-state index contributed by atoms with van der Waals surface area (Å²) in [6.45, 7) is 4.21. The van der Waals surface area contributed by atoms with E-state index in [1.807, 2.05) is 30.3 Å². The molecule has 0 unspecified atom stereocenters. The Hall–Kier alpha value is -1.59. The van der Waals surface area contributed by atoms with E-state index in [4.69, 9.17) is 9.47 Å². The van der Waals surface area contributed by atoms with Crippen molar-refractivity contribution in [3.63, 3.8) is 0 Å². The highest BCUT2D eigenvalue weighted by Gasteiger charge is 2.44. The average molecular weight is 305 g/mol. The fourth-order valence-electron chi connectivity index (χ4n) is 3.26. The summed E-state index contributed by atoms with van der Waals surface area (Å²) in [5.41, 5.74) is -1.09. The van der Waals surface area contributed by atoms with Gasteiger partial charge in [-0.25, -0.2) is 4.79 Å². The summed E-state index contributed by atoms with van der Waals surface area (Å²) in [7, 11) is 0. The van der Waals surface area contributed by atoms with Gasteiger partial charge < -0.3 is 19.5 Å². The first-order valence-corrected chi connectivity index (χ1v) is 7.95. The molecule has 0 aliphatic carbocycles. The molecular formula is C17H23NO4. The molecule has 2 saturated heterocycles. The zero-order chi connectivity index (χ0) is 15.4. The maximum atomic E-state index is 11.8. The Bertz CT molecular complexity index is 491. The van der Waals surface area contributed by atoms with Gasteiger partial charge in [0, 0.05) is 39.1 Å². The molecule has 5 nitrogen and oxygen atoms in total. The molecule has 1 aromatic carbocycles. The third kappa shape index (κ3) is 3.42. The minimum Gasteiger partial charge on any atom is -0.478 e. The van der Waals surface area contributed by atoms with Crippen LogP contribution >= 0.6 is 0 Å². The van der Waals surface area contributed by atoms with Crippen LogP contribution in [-0.2, 0) is 9.53 Å². The summed E-state index contributed by atoms with van der Waals surface area (Å²) in [6.07, 6.45) is 2.15. The van der Waals surface area contributed by atoms with Crippen molar-refractivity contribution in [1.82, 2.24) is 4.90 Å². The van der Waals surface area contributed by atoms with Gasteiger partial charge in [0.15, 0.2) is 0 Å². The summed E-state index contributed by atoms with van der Waals surface area (Å²) < 4.78 is 11.3. The molecule has 2 aliphatic rings. The van der Waals surface area contributed by atoms with Crippen molar-refractivity contribution >= 4 is 5.97 Å². The number of ether oxygens (including phenoxy) is 2. The van der Waals surface area contributed by atoms with Crippen LogP contribution in [0.4, 0.5) is 0 Å². The molecule has 0 amide bonds. The third-order valence-corrected chi connectivity index (χ3v) is 4.65. The van der Waals surface area contributed by atoms with Crippen molar-refractivity contribution in [2.75, 3.05) is 32.8 Å². The Morgan fingerprint density at radius 2 is 2.05 bits per heavy atom. The second-order valence-corrected chi connectivity index (χ2v) is 6.24. The number of para-hydroxylation sites is 1. The van der Waals surface area contributed by atoms with E-state index >= 15 is 0 Å². The van der Waals surface area contributed by atoms with E-state index in [0.717, 1.165) is 39.3 Å². The highest BCUT2D eigenvalue weighted by molar-refractivity contribution is 5.78. The molecule has 2 fully saturated rings. The average Bonchev–Trinajstić information content (AvgIpc) is 3.03. The summed E-state index contributed by atoms with van der Waals surface area (Å²) in [5, 5.41) is 9.66. The number of benzene rings is 1. The minimum atomic E-state index is -1.09. The molecule has 1 aromatic rings. The SMILES string of the molecule is O=C(O)C1(Oc2ccccc2)CCN(C[C@H]2CCOC2)CC1. The summed E-state index contributed by atoms with van der Waals surface area (Å²) in [6, 6.07) is 9.24. The largest absolute Gasteiger partial charge is 0.478 e. The van der Waals surface area contributed by atoms with Crippen LogP contribution in [0.1, 0.15) is 19.3 Å². The molecule has 5 heteroatoms. The fraction of sp³-hybridized carbons (Fsp3) is 0.588. The molecule has 1 N–H and O–H groups in total. The van der Waals surface area contributed by atoms with Crippen LogP contribution < -0.4 is 4.74 Å². The van der Waals surface area contributed by atoms with Crippen LogP contribution in [0.25, 0.3) is 0 Å². The molecule has 2 heterocycles. The number of carbonyl (C=O) groups is 1. The van der Waals surface area contributed by atoms with Crippen LogP contribution in [0.15, 0.2) is 30.3 Å². The van der Waals surface area contributed by atoms with E-state index in [0.29, 0.717) is 24.5 Å². The van der Waals surface area contributed by atoms with Gasteiger partial charge in [-0.05, 0) is 24.5 Å². The second kappa shape index (κ2) is 6.67. The zero-order valence-corrected chi connectivity index (χ0v) is 12.7. The van der Waals surface area contributed by atoms with Gasteiger partial charge in [-0.3, -0.25) is 0 Å². The number of piperidine rings is 1. The molecule has 0 saturated carbocycles. The minimum absolute atomic E-state index is 0.519. The lowest BCUT2D eigenvalue weighted by Crippen LogP contribution is -2.53. The smallest absolute Gasteiger partial charge is 0.348 e. The van der Waals surface area contributed by atoms with E-state index in [9.17, 15) is 9.90 Å². The lowest BCUT2D eigenvalue weighted by atomic mass is 9.90. The molecule has 0 aromatic heterocycles. The Balaban J connectivity index is 1.60. The number of hydrogen-bond donors (Lipinski definition) is 1. The number of rotatable bonds is 5. The van der Waals surface area contributed by atoms with Crippen molar-refractivity contribution in [3.8, 4) is 5.75 Å². The first-order chi connectivity index (χ1) is 10.7. The monoisotopic (exact) mass is 305 g/mol. The van der Waals surface area contributed by atoms with Gasteiger partial charge in [0.05, 0.1) is 6.61 Å². The summed E-state index contributed by atoms with van der Waals surface area (Å²) in [5.74, 6) is 0.357. The fourth-order valence-corrected chi connectivity index (χ4v) is 3.26. The molecular weight excluding hydrogens is 282 g/mol. The second-order valence-electron chi connectivity index (χ2n) is 6.24. The van der Waals surface area contributed by atoms with E-state index in [2.05, 4.69) is 4.90 Å². The normalized spacial score (nSPS) is 25.0. The lowest BCUT2D eigenvalue weighted by Gasteiger charge is -2.39. The lowest BCUT2D eigenvalue weighted by molar-refractivity contribution is -0.159. The van der Waals surface area contributed by atoms with Gasteiger partial charge in [-0.15, -0.1) is 0 Å². The predicted molar refractivity (Wildman–Crippen MR) is 82.0 cm³/mol. The van der Waals surface area contributed by atoms with Crippen LogP contribution in [-0.4, -0.2) is 54.4 Å². The van der Waals surface area contributed by atoms with E-state index in [1.165, 1.54) is 0 Å². The maximum absolute atomic E-state index is 11.8. The van der Waals surface area contributed by atoms with Crippen molar-refractivity contribution in [2.24, 2.45) is 5.92 Å². The number of nitrogens with zero attached hydrogens (tertiary/aromatic N) is 1. The van der Waals surface area contributed by atoms with Crippen LogP contribution in [0.3, 0.4) is 0 Å². The molecule has 3 rings (SSSR count). The molecule has 22 heavy (non-hydrogen) atoms. The third-order valence-electron chi connectivity index (χ3n) is 4.65. The molecule has 0 spiro atoms. The van der Waals surface area contributed by atoms with Gasteiger partial charge in [-0.1, -0.05) is 18.2 Å². The Morgan fingerprint density at radius 1 is 1.32 bits per heavy atom. The molecule has 2 aliphatic heterocycles. The predicted octanol–water partition coefficient (Wildman–Crippen LogP) is 2.02. The Morgan fingerprint density at radius 3 is 2.64 bits per heavy atom. The van der Waals surface area contributed by atoms with Gasteiger partial charge >= 0.3 is 5.97 Å². The van der Waals surface area contributed by atoms with E-state index < -0.39 is 11.6 Å². The van der Waals surface area contributed by atoms with Crippen molar-refractivity contribution in [1.29, 1.82) is 0 Å². The van der Waals surface area contributed by atoms with E-state index in [-0.39, 0.29) is 0 Å². The van der Waals surface area contributed by atoms with Crippen molar-refractivity contribution in [3.05, 3.63) is 30.3 Å². The van der Waals surface area contributed by atoms with Gasteiger partial charge in [0.1, 0.15) is 5.75 Å². The number of aliphatic carboxylic acids is 1. The number of hydrogen-bond acceptors (Lipinski definition) is 4. The molecule has 120 valence electrons. The quantitative estimate of drug-likeness (QED) is 0.902. The standard InChI is InChI=1S/C17H23NO4/c19-16(20)17(22-15-4-2-1-3-5-15)7-9-18(10-8-17)12-14-6-11-21-13-14/h1-5,14H,6-13H2,(H,19,20)/t14-/m1/s1. The number of carboxylic acid groups (broad SMARTS) is 1. The number of carboxylic acids is 1. The van der Waals surface area contributed by atoms with E-state index in [1.54, 1.807) is 0 Å². The topological polar surface area (TPSA) is 59.0 Å². The van der Waals surface area contributed by atoms with Gasteiger partial charge in [-0.2, -0.15) is 0 Å². The van der Waals surface area contributed by atoms with Gasteiger partial charge in [0.2, 0.25) is 5.60 Å². The van der Waals surface area contributed by atoms with Crippen LogP contribution in [0.2, 0.25) is 0 Å².